The van der Waals surface area contributed by atoms with Crippen LogP contribution >= 0.6 is 0 Å². The highest BCUT2D eigenvalue weighted by molar-refractivity contribution is 6.09. The molecule has 0 atom stereocenters. The number of rotatable bonds is 6. The van der Waals surface area contributed by atoms with Gasteiger partial charge in [0.1, 0.15) is 0 Å². The lowest BCUT2D eigenvalue weighted by Crippen LogP contribution is -2.24. The molecule has 0 spiro atoms. The van der Waals surface area contributed by atoms with Crippen LogP contribution in [0.2, 0.25) is 0 Å². The van der Waals surface area contributed by atoms with E-state index in [1.54, 1.807) is 0 Å². The quantitative estimate of drug-likeness (QED) is 0.171. The Bertz CT molecular complexity index is 2850. The summed E-state index contributed by atoms with van der Waals surface area (Å²) < 4.78 is 2.35. The number of aromatic nitrogens is 1. The number of benzene rings is 8. The zero-order valence-corrected chi connectivity index (χ0v) is 30.2. The molecule has 0 saturated carbocycles. The van der Waals surface area contributed by atoms with Crippen LogP contribution in [-0.4, -0.2) is 4.57 Å². The molecule has 2 heterocycles. The average molecular weight is 717 g/mol. The van der Waals surface area contributed by atoms with Crippen LogP contribution in [0, 0.1) is 22.7 Å². The Morgan fingerprint density at radius 2 is 0.768 bits per heavy atom. The van der Waals surface area contributed by atoms with E-state index < -0.39 is 0 Å². The molecule has 9 aromatic rings. The summed E-state index contributed by atoms with van der Waals surface area (Å²) in [5.74, 6) is 0. The summed E-state index contributed by atoms with van der Waals surface area (Å²) in [7, 11) is 0. The van der Waals surface area contributed by atoms with E-state index in [1.165, 1.54) is 10.8 Å². The van der Waals surface area contributed by atoms with Crippen LogP contribution in [0.3, 0.4) is 0 Å². The van der Waals surface area contributed by atoms with Gasteiger partial charge in [-0.15, -0.1) is 0 Å². The minimum atomic E-state index is 0.581. The second-order valence-electron chi connectivity index (χ2n) is 13.7. The highest BCUT2D eigenvalue weighted by atomic mass is 15.3. The normalized spacial score (nSPS) is 11.8. The van der Waals surface area contributed by atoms with Crippen molar-refractivity contribution in [3.8, 4) is 17.8 Å². The molecule has 56 heavy (non-hydrogen) atoms. The standard InChI is InChI=1S/C50H32N6/c51-33-35-22-26-38(27-23-35)53(39-28-24-36(34-52)25-29-39)40-30-41(55-45-16-6-4-14-43(45)44-15-5-7-17-46(44)55)32-42(31-40)56-49-20-10-8-18-47(49)54(37-12-2-1-3-13-37)48-19-9-11-21-50(48)56/h1-32H. The van der Waals surface area contributed by atoms with Crippen LogP contribution < -0.4 is 14.7 Å². The fourth-order valence-electron chi connectivity index (χ4n) is 8.06. The van der Waals surface area contributed by atoms with Gasteiger partial charge in [-0.1, -0.05) is 78.9 Å². The summed E-state index contributed by atoms with van der Waals surface area (Å²) in [5, 5.41) is 21.8. The Morgan fingerprint density at radius 1 is 0.357 bits per heavy atom. The summed E-state index contributed by atoms with van der Waals surface area (Å²) in [6.45, 7) is 0. The molecule has 0 saturated heterocycles. The van der Waals surface area contributed by atoms with Gasteiger partial charge in [-0.3, -0.25) is 0 Å². The van der Waals surface area contributed by atoms with Gasteiger partial charge in [-0.2, -0.15) is 10.5 Å². The summed E-state index contributed by atoms with van der Waals surface area (Å²) in [6.07, 6.45) is 0. The third kappa shape index (κ3) is 5.33. The van der Waals surface area contributed by atoms with Crippen molar-refractivity contribution in [3.63, 3.8) is 0 Å². The maximum Gasteiger partial charge on any atom is 0.0991 e. The van der Waals surface area contributed by atoms with E-state index in [-0.39, 0.29) is 0 Å². The van der Waals surface area contributed by atoms with Crippen molar-refractivity contribution in [2.45, 2.75) is 0 Å². The first kappa shape index (κ1) is 32.6. The van der Waals surface area contributed by atoms with Crippen molar-refractivity contribution < 1.29 is 0 Å². The molecule has 6 nitrogen and oxygen atoms in total. The predicted molar refractivity (Wildman–Crippen MR) is 228 cm³/mol. The van der Waals surface area contributed by atoms with E-state index in [0.717, 1.165) is 67.9 Å². The topological polar surface area (TPSA) is 62.2 Å². The highest BCUT2D eigenvalue weighted by Crippen LogP contribution is 2.55. The van der Waals surface area contributed by atoms with E-state index >= 15 is 0 Å². The first-order valence-electron chi connectivity index (χ1n) is 18.5. The number of fused-ring (bicyclic) bond motifs is 5. The second-order valence-corrected chi connectivity index (χ2v) is 13.7. The predicted octanol–water partition coefficient (Wildman–Crippen LogP) is 13.2. The number of nitriles is 2. The Labute approximate surface area is 324 Å². The zero-order chi connectivity index (χ0) is 37.6. The Morgan fingerprint density at radius 3 is 1.25 bits per heavy atom. The smallest absolute Gasteiger partial charge is 0.0991 e. The van der Waals surface area contributed by atoms with Crippen molar-refractivity contribution in [2.75, 3.05) is 14.7 Å². The molecule has 0 aliphatic carbocycles. The van der Waals surface area contributed by atoms with Gasteiger partial charge in [0, 0.05) is 27.8 Å². The van der Waals surface area contributed by atoms with Gasteiger partial charge in [-0.05, 0) is 115 Å². The average Bonchev–Trinajstić information content (AvgIpc) is 3.61. The van der Waals surface area contributed by atoms with Crippen molar-refractivity contribution in [2.24, 2.45) is 0 Å². The van der Waals surface area contributed by atoms with Crippen LogP contribution in [0.25, 0.3) is 27.5 Å². The molecular weight excluding hydrogens is 685 g/mol. The van der Waals surface area contributed by atoms with Crippen LogP contribution in [0.15, 0.2) is 194 Å². The molecule has 1 aliphatic rings. The van der Waals surface area contributed by atoms with Crippen molar-refractivity contribution in [1.82, 2.24) is 4.57 Å². The third-order valence-electron chi connectivity index (χ3n) is 10.5. The minimum Gasteiger partial charge on any atom is -0.310 e. The van der Waals surface area contributed by atoms with Crippen molar-refractivity contribution in [3.05, 3.63) is 205 Å². The molecule has 0 radical (unpaired) electrons. The van der Waals surface area contributed by atoms with E-state index in [2.05, 4.69) is 171 Å². The number of nitrogens with zero attached hydrogens (tertiary/aromatic N) is 6. The lowest BCUT2D eigenvalue weighted by Gasteiger charge is -2.40. The fraction of sp³-hybridized carbons (Fsp3) is 0. The maximum absolute atomic E-state index is 9.70. The van der Waals surface area contributed by atoms with Crippen LogP contribution in [0.5, 0.6) is 0 Å². The molecule has 8 aromatic carbocycles. The Hall–Kier alpha value is -8.06. The van der Waals surface area contributed by atoms with Gasteiger partial charge in [0.15, 0.2) is 0 Å². The highest BCUT2D eigenvalue weighted by Gasteiger charge is 2.31. The molecule has 0 N–H and O–H groups in total. The minimum absolute atomic E-state index is 0.581. The molecule has 1 aliphatic heterocycles. The van der Waals surface area contributed by atoms with E-state index in [4.69, 9.17) is 0 Å². The summed E-state index contributed by atoms with van der Waals surface area (Å²) in [6, 6.07) is 71.3. The Balaban J connectivity index is 1.28. The maximum atomic E-state index is 9.70. The summed E-state index contributed by atoms with van der Waals surface area (Å²) in [4.78, 5) is 6.89. The molecule has 6 heteroatoms. The van der Waals surface area contributed by atoms with Gasteiger partial charge in [0.25, 0.3) is 0 Å². The lowest BCUT2D eigenvalue weighted by atomic mass is 10.0. The van der Waals surface area contributed by atoms with Gasteiger partial charge in [-0.25, -0.2) is 0 Å². The van der Waals surface area contributed by atoms with Crippen LogP contribution in [0.1, 0.15) is 11.1 Å². The molecule has 0 bridgehead atoms. The number of hydrogen-bond donors (Lipinski definition) is 0. The molecule has 1 aromatic heterocycles. The Kier molecular flexibility index (Phi) is 7.80. The second kappa shape index (κ2) is 13.4. The van der Waals surface area contributed by atoms with Gasteiger partial charge >= 0.3 is 0 Å². The third-order valence-corrected chi connectivity index (χ3v) is 10.5. The van der Waals surface area contributed by atoms with Crippen molar-refractivity contribution >= 4 is 73.0 Å². The van der Waals surface area contributed by atoms with E-state index in [0.29, 0.717) is 11.1 Å². The number of anilines is 9. The van der Waals surface area contributed by atoms with Gasteiger partial charge in [0.05, 0.1) is 74.1 Å². The number of para-hydroxylation sites is 7. The summed E-state index contributed by atoms with van der Waals surface area (Å²) in [5.41, 5.74) is 13.3. The van der Waals surface area contributed by atoms with E-state index in [9.17, 15) is 10.5 Å². The van der Waals surface area contributed by atoms with Gasteiger partial charge in [0.2, 0.25) is 0 Å². The molecule has 0 fully saturated rings. The first-order chi connectivity index (χ1) is 27.7. The van der Waals surface area contributed by atoms with Crippen LogP contribution in [-0.2, 0) is 0 Å². The molecule has 262 valence electrons. The zero-order valence-electron chi connectivity index (χ0n) is 30.2. The molecule has 0 amide bonds. The fourth-order valence-corrected chi connectivity index (χ4v) is 8.06. The first-order valence-corrected chi connectivity index (χ1v) is 18.5. The van der Waals surface area contributed by atoms with Crippen LogP contribution in [0.4, 0.5) is 51.2 Å². The largest absolute Gasteiger partial charge is 0.310 e. The van der Waals surface area contributed by atoms with Crippen molar-refractivity contribution in [1.29, 1.82) is 10.5 Å². The number of hydrogen-bond acceptors (Lipinski definition) is 5. The lowest BCUT2D eigenvalue weighted by molar-refractivity contribution is 1.14. The van der Waals surface area contributed by atoms with E-state index in [1.807, 2.05) is 54.6 Å². The monoisotopic (exact) mass is 716 g/mol. The molecule has 10 rings (SSSR count). The van der Waals surface area contributed by atoms with Gasteiger partial charge < -0.3 is 19.3 Å². The molecule has 0 unspecified atom stereocenters. The SMILES string of the molecule is N#Cc1ccc(N(c2ccc(C#N)cc2)c2cc(N3c4ccccc4N(c4ccccc4)c4ccccc43)cc(-n3c4ccccc4c4ccccc43)c2)cc1. The molecular formula is C50H32N6. The summed E-state index contributed by atoms with van der Waals surface area (Å²) >= 11 is 0.